The molecule has 4 heterocycles. The van der Waals surface area contributed by atoms with Crippen molar-refractivity contribution >= 4 is 28.5 Å². The first kappa shape index (κ1) is 20.4. The Morgan fingerprint density at radius 2 is 1.56 bits per heavy atom. The molecule has 0 spiro atoms. The first-order chi connectivity index (χ1) is 15.6. The SMILES string of the molecule is Cc1nc(N2CCOCC2)cc(N2CCN(C(=O)c3cc4ccccc4oc3=O)CC2)n1. The highest BCUT2D eigenvalue weighted by Crippen LogP contribution is 2.22. The minimum Gasteiger partial charge on any atom is -0.422 e. The Hall–Kier alpha value is -3.46. The fraction of sp³-hybridized carbons (Fsp3) is 0.391. The summed E-state index contributed by atoms with van der Waals surface area (Å²) in [6, 6.07) is 10.8. The van der Waals surface area contributed by atoms with Gasteiger partial charge in [0.25, 0.3) is 5.91 Å². The number of hydrogen-bond acceptors (Lipinski definition) is 8. The van der Waals surface area contributed by atoms with Crippen molar-refractivity contribution in [3.63, 3.8) is 0 Å². The number of piperazine rings is 1. The molecule has 5 rings (SSSR count). The number of carbonyl (C=O) groups is 1. The molecule has 0 bridgehead atoms. The van der Waals surface area contributed by atoms with Gasteiger partial charge in [0, 0.05) is 50.7 Å². The van der Waals surface area contributed by atoms with Gasteiger partial charge in [-0.25, -0.2) is 14.8 Å². The number of anilines is 2. The van der Waals surface area contributed by atoms with E-state index in [9.17, 15) is 9.59 Å². The Labute approximate surface area is 185 Å². The first-order valence-corrected chi connectivity index (χ1v) is 10.8. The van der Waals surface area contributed by atoms with Gasteiger partial charge in [-0.05, 0) is 19.1 Å². The number of para-hydroxylation sites is 1. The van der Waals surface area contributed by atoms with Crippen molar-refractivity contribution in [1.82, 2.24) is 14.9 Å². The number of aryl methyl sites for hydroxylation is 1. The van der Waals surface area contributed by atoms with Crippen LogP contribution in [0.4, 0.5) is 11.6 Å². The number of carbonyl (C=O) groups excluding carboxylic acids is 1. The molecular weight excluding hydrogens is 410 g/mol. The van der Waals surface area contributed by atoms with E-state index in [0.717, 1.165) is 35.9 Å². The number of amides is 1. The molecule has 32 heavy (non-hydrogen) atoms. The summed E-state index contributed by atoms with van der Waals surface area (Å²) in [7, 11) is 0. The summed E-state index contributed by atoms with van der Waals surface area (Å²) < 4.78 is 10.8. The standard InChI is InChI=1S/C23H25N5O4/c1-16-24-20(15-21(25-16)27-10-12-31-13-11-27)26-6-8-28(9-7-26)22(29)18-14-17-4-2-3-5-19(17)32-23(18)30/h2-5,14-15H,6-13H2,1H3. The normalized spacial score (nSPS) is 17.1. The Morgan fingerprint density at radius 1 is 0.906 bits per heavy atom. The number of morpholine rings is 1. The van der Waals surface area contributed by atoms with Crippen LogP contribution in [0.25, 0.3) is 11.0 Å². The number of fused-ring (bicyclic) bond motifs is 1. The predicted molar refractivity (Wildman–Crippen MR) is 120 cm³/mol. The van der Waals surface area contributed by atoms with Crippen molar-refractivity contribution in [3.8, 4) is 0 Å². The van der Waals surface area contributed by atoms with Gasteiger partial charge in [0.2, 0.25) is 0 Å². The number of benzene rings is 1. The fourth-order valence-corrected chi connectivity index (χ4v) is 4.17. The smallest absolute Gasteiger partial charge is 0.349 e. The zero-order valence-corrected chi connectivity index (χ0v) is 18.0. The van der Waals surface area contributed by atoms with E-state index in [-0.39, 0.29) is 11.5 Å². The molecule has 0 N–H and O–H groups in total. The average molecular weight is 435 g/mol. The fourth-order valence-electron chi connectivity index (χ4n) is 4.17. The molecule has 1 aromatic carbocycles. The van der Waals surface area contributed by atoms with E-state index in [1.165, 1.54) is 0 Å². The van der Waals surface area contributed by atoms with E-state index in [4.69, 9.17) is 9.15 Å². The van der Waals surface area contributed by atoms with Crippen LogP contribution in [0.15, 0.2) is 45.6 Å². The molecule has 2 aliphatic rings. The summed E-state index contributed by atoms with van der Waals surface area (Å²) in [5.41, 5.74) is -0.0450. The summed E-state index contributed by atoms with van der Waals surface area (Å²) in [6.45, 7) is 7.17. The third kappa shape index (κ3) is 4.03. The molecule has 0 saturated carbocycles. The summed E-state index contributed by atoms with van der Waals surface area (Å²) >= 11 is 0. The summed E-state index contributed by atoms with van der Waals surface area (Å²) in [6.07, 6.45) is 0. The molecule has 2 fully saturated rings. The molecule has 2 saturated heterocycles. The average Bonchev–Trinajstić information content (AvgIpc) is 2.83. The van der Waals surface area contributed by atoms with E-state index in [2.05, 4.69) is 19.8 Å². The lowest BCUT2D eigenvalue weighted by Crippen LogP contribution is -2.49. The van der Waals surface area contributed by atoms with Crippen molar-refractivity contribution in [1.29, 1.82) is 0 Å². The van der Waals surface area contributed by atoms with Gasteiger partial charge in [-0.2, -0.15) is 0 Å². The highest BCUT2D eigenvalue weighted by Gasteiger charge is 2.26. The van der Waals surface area contributed by atoms with E-state index >= 15 is 0 Å². The zero-order valence-electron chi connectivity index (χ0n) is 18.0. The molecule has 0 aliphatic carbocycles. The van der Waals surface area contributed by atoms with Crippen LogP contribution in [0.3, 0.4) is 0 Å². The summed E-state index contributed by atoms with van der Waals surface area (Å²) in [5, 5.41) is 0.737. The molecule has 166 valence electrons. The van der Waals surface area contributed by atoms with Gasteiger partial charge in [0.1, 0.15) is 28.6 Å². The third-order valence-corrected chi connectivity index (χ3v) is 5.91. The molecule has 2 aliphatic heterocycles. The highest BCUT2D eigenvalue weighted by atomic mass is 16.5. The largest absolute Gasteiger partial charge is 0.422 e. The molecule has 9 nitrogen and oxygen atoms in total. The number of ether oxygens (including phenoxy) is 1. The lowest BCUT2D eigenvalue weighted by atomic mass is 10.1. The lowest BCUT2D eigenvalue weighted by Gasteiger charge is -2.36. The zero-order chi connectivity index (χ0) is 22.1. The van der Waals surface area contributed by atoms with E-state index < -0.39 is 5.63 Å². The molecule has 0 radical (unpaired) electrons. The second-order valence-corrected chi connectivity index (χ2v) is 8.00. The molecule has 9 heteroatoms. The summed E-state index contributed by atoms with van der Waals surface area (Å²) in [5.74, 6) is 2.19. The van der Waals surface area contributed by atoms with E-state index in [0.29, 0.717) is 45.0 Å². The van der Waals surface area contributed by atoms with Gasteiger partial charge < -0.3 is 23.9 Å². The topological polar surface area (TPSA) is 92.0 Å². The van der Waals surface area contributed by atoms with Gasteiger partial charge in [-0.15, -0.1) is 0 Å². The van der Waals surface area contributed by atoms with Crippen LogP contribution in [0, 0.1) is 6.92 Å². The van der Waals surface area contributed by atoms with Gasteiger partial charge in [0.05, 0.1) is 13.2 Å². The summed E-state index contributed by atoms with van der Waals surface area (Å²) in [4.78, 5) is 40.7. The predicted octanol–water partition coefficient (Wildman–Crippen LogP) is 1.69. The minimum atomic E-state index is -0.599. The van der Waals surface area contributed by atoms with Crippen molar-refractivity contribution in [2.45, 2.75) is 6.92 Å². The van der Waals surface area contributed by atoms with Crippen LogP contribution < -0.4 is 15.4 Å². The van der Waals surface area contributed by atoms with Crippen molar-refractivity contribution in [3.05, 3.63) is 58.2 Å². The number of hydrogen-bond donors (Lipinski definition) is 0. The Balaban J connectivity index is 1.30. The van der Waals surface area contributed by atoms with Gasteiger partial charge in [-0.1, -0.05) is 18.2 Å². The molecule has 0 unspecified atom stereocenters. The molecule has 3 aromatic rings. The third-order valence-electron chi connectivity index (χ3n) is 5.91. The highest BCUT2D eigenvalue weighted by molar-refractivity contribution is 5.96. The maximum atomic E-state index is 13.0. The van der Waals surface area contributed by atoms with Crippen LogP contribution >= 0.6 is 0 Å². The van der Waals surface area contributed by atoms with Crippen molar-refractivity contribution in [2.24, 2.45) is 0 Å². The van der Waals surface area contributed by atoms with Crippen molar-refractivity contribution < 1.29 is 13.9 Å². The quantitative estimate of drug-likeness (QED) is 0.574. The Bertz CT molecular complexity index is 1200. The molecule has 2 aromatic heterocycles. The minimum absolute atomic E-state index is 0.0737. The van der Waals surface area contributed by atoms with Crippen LogP contribution in [-0.4, -0.2) is 73.3 Å². The molecule has 0 atom stereocenters. The Kier molecular flexibility index (Phi) is 5.48. The maximum Gasteiger partial charge on any atom is 0.349 e. The number of rotatable bonds is 3. The van der Waals surface area contributed by atoms with Gasteiger partial charge in [-0.3, -0.25) is 4.79 Å². The van der Waals surface area contributed by atoms with E-state index in [1.54, 1.807) is 23.1 Å². The lowest BCUT2D eigenvalue weighted by molar-refractivity contribution is 0.0742. The maximum absolute atomic E-state index is 13.0. The number of aromatic nitrogens is 2. The van der Waals surface area contributed by atoms with Crippen molar-refractivity contribution in [2.75, 3.05) is 62.3 Å². The molecular formula is C23H25N5O4. The van der Waals surface area contributed by atoms with Gasteiger partial charge >= 0.3 is 5.63 Å². The first-order valence-electron chi connectivity index (χ1n) is 10.8. The molecule has 1 amide bonds. The monoisotopic (exact) mass is 435 g/mol. The van der Waals surface area contributed by atoms with Crippen LogP contribution in [-0.2, 0) is 4.74 Å². The second-order valence-electron chi connectivity index (χ2n) is 8.00. The van der Waals surface area contributed by atoms with Crippen LogP contribution in [0.2, 0.25) is 0 Å². The van der Waals surface area contributed by atoms with Crippen LogP contribution in [0.1, 0.15) is 16.2 Å². The Morgan fingerprint density at radius 3 is 2.28 bits per heavy atom. The van der Waals surface area contributed by atoms with Crippen LogP contribution in [0.5, 0.6) is 0 Å². The number of nitrogens with zero attached hydrogens (tertiary/aromatic N) is 5. The van der Waals surface area contributed by atoms with Gasteiger partial charge in [0.15, 0.2) is 0 Å². The second kappa shape index (κ2) is 8.58. The van der Waals surface area contributed by atoms with E-state index in [1.807, 2.05) is 25.1 Å².